The molecule has 0 unspecified atom stereocenters. The molecule has 0 aliphatic rings. The van der Waals surface area contributed by atoms with E-state index >= 15 is 0 Å². The first-order chi connectivity index (χ1) is 11.5. The predicted molar refractivity (Wildman–Crippen MR) is 90.6 cm³/mol. The summed E-state index contributed by atoms with van der Waals surface area (Å²) >= 11 is 0. The number of aryl methyl sites for hydroxylation is 1. The van der Waals surface area contributed by atoms with E-state index in [1.807, 2.05) is 12.1 Å². The third-order valence-electron chi connectivity index (χ3n) is 3.46. The summed E-state index contributed by atoms with van der Waals surface area (Å²) in [5.74, 6) is 0.153. The first-order valence-corrected chi connectivity index (χ1v) is 7.65. The maximum absolute atomic E-state index is 11.9. The van der Waals surface area contributed by atoms with E-state index in [0.29, 0.717) is 12.4 Å². The lowest BCUT2D eigenvalue weighted by Crippen LogP contribution is -2.29. The molecule has 24 heavy (non-hydrogen) atoms. The highest BCUT2D eigenvalue weighted by Gasteiger charge is 2.09. The van der Waals surface area contributed by atoms with Crippen molar-refractivity contribution >= 4 is 17.8 Å². The standard InChI is InChI=1S/C16H22N6O2/c1-12-6-4-5-7-13(12)8-9-17-15(23)11-22-10-14(19-20-22)18-16(24)21(2)3/h4-7,10H,8-9,11H2,1-3H3,(H,17,23)(H,18,24). The van der Waals surface area contributed by atoms with E-state index in [9.17, 15) is 9.59 Å². The lowest BCUT2D eigenvalue weighted by atomic mass is 10.1. The van der Waals surface area contributed by atoms with Gasteiger partial charge >= 0.3 is 6.03 Å². The Balaban J connectivity index is 1.77. The Kier molecular flexibility index (Phi) is 5.89. The van der Waals surface area contributed by atoms with Crippen LogP contribution >= 0.6 is 0 Å². The largest absolute Gasteiger partial charge is 0.354 e. The second-order valence-electron chi connectivity index (χ2n) is 5.65. The van der Waals surface area contributed by atoms with Crippen LogP contribution in [-0.2, 0) is 17.8 Å². The van der Waals surface area contributed by atoms with Gasteiger partial charge < -0.3 is 10.2 Å². The second-order valence-corrected chi connectivity index (χ2v) is 5.65. The van der Waals surface area contributed by atoms with Crippen LogP contribution < -0.4 is 10.6 Å². The molecule has 2 rings (SSSR count). The molecule has 1 aromatic heterocycles. The molecule has 0 aliphatic heterocycles. The Morgan fingerprint density at radius 1 is 1.25 bits per heavy atom. The summed E-state index contributed by atoms with van der Waals surface area (Å²) in [6.45, 7) is 2.66. The molecule has 0 radical (unpaired) electrons. The van der Waals surface area contributed by atoms with E-state index in [1.54, 1.807) is 14.1 Å². The summed E-state index contributed by atoms with van der Waals surface area (Å²) in [5.41, 5.74) is 2.43. The molecular weight excluding hydrogens is 308 g/mol. The highest BCUT2D eigenvalue weighted by Crippen LogP contribution is 2.06. The van der Waals surface area contributed by atoms with Crippen LogP contribution in [0.1, 0.15) is 11.1 Å². The van der Waals surface area contributed by atoms with Gasteiger partial charge in [0.05, 0.1) is 6.20 Å². The van der Waals surface area contributed by atoms with Crippen molar-refractivity contribution in [2.75, 3.05) is 26.0 Å². The van der Waals surface area contributed by atoms with Crippen molar-refractivity contribution in [1.29, 1.82) is 0 Å². The number of carbonyl (C=O) groups is 2. The molecule has 0 saturated carbocycles. The molecule has 0 bridgehead atoms. The van der Waals surface area contributed by atoms with Crippen LogP contribution in [-0.4, -0.2) is 52.5 Å². The Bertz CT molecular complexity index is 710. The number of aromatic nitrogens is 3. The van der Waals surface area contributed by atoms with Crippen molar-refractivity contribution in [1.82, 2.24) is 25.2 Å². The Morgan fingerprint density at radius 2 is 2.00 bits per heavy atom. The van der Waals surface area contributed by atoms with Gasteiger partial charge in [0.15, 0.2) is 5.82 Å². The van der Waals surface area contributed by atoms with Crippen molar-refractivity contribution in [3.05, 3.63) is 41.6 Å². The Hall–Kier alpha value is -2.90. The second kappa shape index (κ2) is 8.09. The van der Waals surface area contributed by atoms with E-state index in [2.05, 4.69) is 40.0 Å². The number of amides is 3. The molecule has 0 fully saturated rings. The fourth-order valence-corrected chi connectivity index (χ4v) is 2.08. The predicted octanol–water partition coefficient (Wildman–Crippen LogP) is 1.04. The minimum absolute atomic E-state index is 0.0542. The number of benzene rings is 1. The molecule has 8 heteroatoms. The summed E-state index contributed by atoms with van der Waals surface area (Å²) in [6, 6.07) is 7.79. The molecule has 128 valence electrons. The summed E-state index contributed by atoms with van der Waals surface area (Å²) < 4.78 is 1.38. The fourth-order valence-electron chi connectivity index (χ4n) is 2.08. The van der Waals surface area contributed by atoms with Gasteiger partial charge in [0, 0.05) is 20.6 Å². The molecular formula is C16H22N6O2. The molecule has 0 saturated heterocycles. The van der Waals surface area contributed by atoms with Gasteiger partial charge in [-0.25, -0.2) is 9.48 Å². The fraction of sp³-hybridized carbons (Fsp3) is 0.375. The third-order valence-corrected chi connectivity index (χ3v) is 3.46. The average Bonchev–Trinajstić information content (AvgIpc) is 2.96. The van der Waals surface area contributed by atoms with Gasteiger partial charge in [-0.15, -0.1) is 5.10 Å². The zero-order valence-electron chi connectivity index (χ0n) is 14.1. The first-order valence-electron chi connectivity index (χ1n) is 7.65. The molecule has 0 atom stereocenters. The molecule has 0 spiro atoms. The topological polar surface area (TPSA) is 92.2 Å². The number of rotatable bonds is 6. The van der Waals surface area contributed by atoms with Gasteiger partial charge in [0.2, 0.25) is 5.91 Å². The van der Waals surface area contributed by atoms with Crippen LogP contribution in [0, 0.1) is 6.92 Å². The van der Waals surface area contributed by atoms with Crippen LogP contribution in [0.15, 0.2) is 30.5 Å². The summed E-state index contributed by atoms with van der Waals surface area (Å²) in [4.78, 5) is 24.8. The van der Waals surface area contributed by atoms with Crippen molar-refractivity contribution in [2.24, 2.45) is 0 Å². The van der Waals surface area contributed by atoms with Gasteiger partial charge in [0.25, 0.3) is 0 Å². The Labute approximate surface area is 140 Å². The average molecular weight is 330 g/mol. The number of carbonyl (C=O) groups excluding carboxylic acids is 2. The molecule has 2 aromatic rings. The van der Waals surface area contributed by atoms with Crippen LogP contribution in [0.3, 0.4) is 0 Å². The number of anilines is 1. The van der Waals surface area contributed by atoms with Gasteiger partial charge in [-0.05, 0) is 24.5 Å². The van der Waals surface area contributed by atoms with Crippen LogP contribution in [0.5, 0.6) is 0 Å². The van der Waals surface area contributed by atoms with E-state index in [4.69, 9.17) is 0 Å². The van der Waals surface area contributed by atoms with E-state index in [1.165, 1.54) is 26.9 Å². The van der Waals surface area contributed by atoms with E-state index in [-0.39, 0.29) is 18.5 Å². The number of nitrogens with one attached hydrogen (secondary N) is 2. The smallest absolute Gasteiger partial charge is 0.322 e. The van der Waals surface area contributed by atoms with E-state index < -0.39 is 0 Å². The highest BCUT2D eigenvalue weighted by molar-refractivity contribution is 5.87. The zero-order chi connectivity index (χ0) is 17.5. The minimum Gasteiger partial charge on any atom is -0.354 e. The SMILES string of the molecule is Cc1ccccc1CCNC(=O)Cn1cc(NC(=O)N(C)C)nn1. The van der Waals surface area contributed by atoms with E-state index in [0.717, 1.165) is 6.42 Å². The maximum Gasteiger partial charge on any atom is 0.322 e. The quantitative estimate of drug-likeness (QED) is 0.828. The van der Waals surface area contributed by atoms with Crippen LogP contribution in [0.25, 0.3) is 0 Å². The Morgan fingerprint density at radius 3 is 2.71 bits per heavy atom. The number of hydrogen-bond acceptors (Lipinski definition) is 4. The van der Waals surface area contributed by atoms with Crippen molar-refractivity contribution in [3.63, 3.8) is 0 Å². The maximum atomic E-state index is 11.9. The van der Waals surface area contributed by atoms with Gasteiger partial charge in [0.1, 0.15) is 6.54 Å². The van der Waals surface area contributed by atoms with Crippen LogP contribution in [0.2, 0.25) is 0 Å². The van der Waals surface area contributed by atoms with Crippen molar-refractivity contribution < 1.29 is 9.59 Å². The van der Waals surface area contributed by atoms with Crippen molar-refractivity contribution in [3.8, 4) is 0 Å². The zero-order valence-corrected chi connectivity index (χ0v) is 14.1. The summed E-state index contributed by atoms with van der Waals surface area (Å²) in [7, 11) is 3.25. The number of urea groups is 1. The molecule has 8 nitrogen and oxygen atoms in total. The number of nitrogens with zero attached hydrogens (tertiary/aromatic N) is 4. The molecule has 1 aromatic carbocycles. The first kappa shape index (κ1) is 17.5. The normalized spacial score (nSPS) is 10.3. The van der Waals surface area contributed by atoms with Crippen LogP contribution in [0.4, 0.5) is 10.6 Å². The monoisotopic (exact) mass is 330 g/mol. The van der Waals surface area contributed by atoms with Gasteiger partial charge in [-0.2, -0.15) is 0 Å². The van der Waals surface area contributed by atoms with Gasteiger partial charge in [-0.3, -0.25) is 10.1 Å². The summed E-state index contributed by atoms with van der Waals surface area (Å²) in [5, 5.41) is 13.0. The molecule has 1 heterocycles. The highest BCUT2D eigenvalue weighted by atomic mass is 16.2. The lowest BCUT2D eigenvalue weighted by molar-refractivity contribution is -0.121. The minimum atomic E-state index is -0.301. The number of hydrogen-bond donors (Lipinski definition) is 2. The molecule has 2 N–H and O–H groups in total. The summed E-state index contributed by atoms with van der Waals surface area (Å²) in [6.07, 6.45) is 2.29. The van der Waals surface area contributed by atoms with Gasteiger partial charge in [-0.1, -0.05) is 29.5 Å². The molecule has 0 aliphatic carbocycles. The molecule has 3 amide bonds. The lowest BCUT2D eigenvalue weighted by Gasteiger charge is -2.09. The van der Waals surface area contributed by atoms with Crippen molar-refractivity contribution in [2.45, 2.75) is 19.9 Å². The third kappa shape index (κ3) is 5.08.